The number of thiophene rings is 1. The first-order valence-corrected chi connectivity index (χ1v) is 7.97. The van der Waals surface area contributed by atoms with E-state index in [2.05, 4.69) is 10.3 Å². The average molecular weight is 327 g/mol. The molecule has 0 unspecified atom stereocenters. The van der Waals surface area contributed by atoms with Gasteiger partial charge in [0.2, 0.25) is 0 Å². The quantitative estimate of drug-likeness (QED) is 0.516. The second kappa shape index (κ2) is 5.16. The van der Waals surface area contributed by atoms with Crippen LogP contribution < -0.4 is 5.32 Å². The molecule has 0 atom stereocenters. The number of fused-ring (bicyclic) bond motifs is 2. The van der Waals surface area contributed by atoms with Crippen LogP contribution in [0.15, 0.2) is 54.7 Å². The zero-order valence-corrected chi connectivity index (χ0v) is 13.0. The number of hydrogen-bond donors (Lipinski definition) is 2. The van der Waals surface area contributed by atoms with Crippen molar-refractivity contribution >= 4 is 55.5 Å². The lowest BCUT2D eigenvalue weighted by atomic mass is 10.2. The number of aromatic nitrogens is 1. The molecule has 2 aromatic heterocycles. The highest BCUT2D eigenvalue weighted by Gasteiger charge is 2.17. The molecule has 0 aliphatic rings. The maximum atomic E-state index is 12.5. The van der Waals surface area contributed by atoms with Crippen molar-refractivity contribution in [3.8, 4) is 0 Å². The van der Waals surface area contributed by atoms with Crippen LogP contribution in [0.2, 0.25) is 5.02 Å². The van der Waals surface area contributed by atoms with E-state index in [9.17, 15) is 4.79 Å². The summed E-state index contributed by atoms with van der Waals surface area (Å²) in [6, 6.07) is 15.5. The molecule has 0 saturated carbocycles. The summed E-state index contributed by atoms with van der Waals surface area (Å²) in [6.45, 7) is 0. The Morgan fingerprint density at radius 2 is 2.00 bits per heavy atom. The second-order valence-corrected chi connectivity index (χ2v) is 6.41. The summed E-state index contributed by atoms with van der Waals surface area (Å²) in [4.78, 5) is 16.2. The van der Waals surface area contributed by atoms with Gasteiger partial charge in [0.1, 0.15) is 4.88 Å². The number of aromatic amines is 1. The van der Waals surface area contributed by atoms with E-state index in [0.717, 1.165) is 26.7 Å². The van der Waals surface area contributed by atoms with Crippen molar-refractivity contribution < 1.29 is 4.79 Å². The van der Waals surface area contributed by atoms with Gasteiger partial charge in [0.15, 0.2) is 0 Å². The first kappa shape index (κ1) is 13.4. The van der Waals surface area contributed by atoms with Crippen LogP contribution >= 0.6 is 22.9 Å². The molecule has 3 nitrogen and oxygen atoms in total. The van der Waals surface area contributed by atoms with E-state index in [-0.39, 0.29) is 5.91 Å². The smallest absolute Gasteiger partial charge is 0.267 e. The molecule has 0 fully saturated rings. The molecule has 0 aliphatic heterocycles. The van der Waals surface area contributed by atoms with Crippen molar-refractivity contribution in [2.45, 2.75) is 0 Å². The Hall–Kier alpha value is -2.30. The van der Waals surface area contributed by atoms with Gasteiger partial charge in [0.05, 0.1) is 5.02 Å². The molecule has 0 spiro atoms. The molecule has 0 saturated heterocycles. The summed E-state index contributed by atoms with van der Waals surface area (Å²) in [5.74, 6) is -0.180. The largest absolute Gasteiger partial charge is 0.361 e. The zero-order chi connectivity index (χ0) is 15.1. The van der Waals surface area contributed by atoms with Crippen LogP contribution in [0.4, 0.5) is 5.69 Å². The molecule has 2 N–H and O–H groups in total. The van der Waals surface area contributed by atoms with E-state index in [1.807, 2.05) is 54.7 Å². The third-order valence-corrected chi connectivity index (χ3v) is 5.23. The van der Waals surface area contributed by atoms with E-state index >= 15 is 0 Å². The molecule has 4 rings (SSSR count). The molecule has 2 aromatic carbocycles. The van der Waals surface area contributed by atoms with Gasteiger partial charge in [-0.2, -0.15) is 0 Å². The van der Waals surface area contributed by atoms with Crippen LogP contribution in [0.1, 0.15) is 9.67 Å². The molecule has 0 radical (unpaired) electrons. The number of carbonyl (C=O) groups excluding carboxylic acids is 1. The Kier molecular flexibility index (Phi) is 3.13. The Bertz CT molecular complexity index is 1000. The first-order valence-electron chi connectivity index (χ1n) is 6.78. The molecule has 22 heavy (non-hydrogen) atoms. The van der Waals surface area contributed by atoms with Crippen LogP contribution in [-0.2, 0) is 0 Å². The van der Waals surface area contributed by atoms with Gasteiger partial charge in [-0.15, -0.1) is 11.3 Å². The first-order chi connectivity index (χ1) is 10.7. The summed E-state index contributed by atoms with van der Waals surface area (Å²) >= 11 is 7.75. The molecule has 2 heterocycles. The number of benzene rings is 2. The van der Waals surface area contributed by atoms with Crippen molar-refractivity contribution in [2.75, 3.05) is 5.32 Å². The van der Waals surface area contributed by atoms with Gasteiger partial charge < -0.3 is 10.3 Å². The summed E-state index contributed by atoms with van der Waals surface area (Å²) < 4.78 is 1.01. The topological polar surface area (TPSA) is 44.9 Å². The minimum absolute atomic E-state index is 0.180. The highest BCUT2D eigenvalue weighted by Crippen LogP contribution is 2.35. The van der Waals surface area contributed by atoms with Crippen molar-refractivity contribution in [1.82, 2.24) is 4.98 Å². The van der Waals surface area contributed by atoms with Gasteiger partial charge in [-0.05, 0) is 30.3 Å². The fourth-order valence-corrected chi connectivity index (χ4v) is 3.89. The normalized spacial score (nSPS) is 11.1. The van der Waals surface area contributed by atoms with E-state index < -0.39 is 0 Å². The van der Waals surface area contributed by atoms with E-state index in [4.69, 9.17) is 11.6 Å². The highest BCUT2D eigenvalue weighted by atomic mass is 35.5. The Morgan fingerprint density at radius 1 is 1.14 bits per heavy atom. The van der Waals surface area contributed by atoms with Gasteiger partial charge in [-0.25, -0.2) is 0 Å². The van der Waals surface area contributed by atoms with Crippen LogP contribution in [-0.4, -0.2) is 10.9 Å². The maximum absolute atomic E-state index is 12.5. The van der Waals surface area contributed by atoms with Crippen LogP contribution in [0, 0.1) is 0 Å². The lowest BCUT2D eigenvalue weighted by molar-refractivity contribution is 0.103. The third kappa shape index (κ3) is 2.17. The minimum Gasteiger partial charge on any atom is -0.361 e. The van der Waals surface area contributed by atoms with Gasteiger partial charge in [0, 0.05) is 32.9 Å². The number of rotatable bonds is 2. The number of hydrogen-bond acceptors (Lipinski definition) is 2. The number of H-pyrrole nitrogens is 1. The summed E-state index contributed by atoms with van der Waals surface area (Å²) in [5, 5.41) is 5.40. The van der Waals surface area contributed by atoms with Gasteiger partial charge >= 0.3 is 0 Å². The van der Waals surface area contributed by atoms with Gasteiger partial charge in [-0.3, -0.25) is 4.79 Å². The third-order valence-electron chi connectivity index (χ3n) is 3.55. The van der Waals surface area contributed by atoms with Crippen LogP contribution in [0.3, 0.4) is 0 Å². The monoisotopic (exact) mass is 326 g/mol. The summed E-state index contributed by atoms with van der Waals surface area (Å²) in [7, 11) is 0. The molecular weight excluding hydrogens is 316 g/mol. The predicted molar refractivity (Wildman–Crippen MR) is 93.1 cm³/mol. The minimum atomic E-state index is -0.180. The molecule has 1 amide bonds. The molecule has 0 aliphatic carbocycles. The average Bonchev–Trinajstić information content (AvgIpc) is 3.12. The fourth-order valence-electron chi connectivity index (χ4n) is 2.48. The Labute approximate surface area is 135 Å². The van der Waals surface area contributed by atoms with Gasteiger partial charge in [-0.1, -0.05) is 29.8 Å². The number of nitrogens with one attached hydrogen (secondary N) is 2. The second-order valence-electron chi connectivity index (χ2n) is 4.98. The number of halogens is 1. The predicted octanol–water partition coefficient (Wildman–Crippen LogP) is 5.29. The molecule has 0 bridgehead atoms. The Balaban J connectivity index is 1.69. The summed E-state index contributed by atoms with van der Waals surface area (Å²) in [5.41, 5.74) is 1.79. The SMILES string of the molecule is O=C(Nc1ccc2[nH]ccc2c1)c1sc2ccccc2c1Cl. The van der Waals surface area contributed by atoms with E-state index in [1.165, 1.54) is 11.3 Å². The molecule has 108 valence electrons. The highest BCUT2D eigenvalue weighted by molar-refractivity contribution is 7.21. The molecule has 5 heteroatoms. The number of carbonyl (C=O) groups is 1. The fraction of sp³-hybridized carbons (Fsp3) is 0. The zero-order valence-electron chi connectivity index (χ0n) is 11.4. The van der Waals surface area contributed by atoms with E-state index in [1.54, 1.807) is 0 Å². The van der Waals surface area contributed by atoms with Gasteiger partial charge in [0.25, 0.3) is 5.91 Å². The van der Waals surface area contributed by atoms with Crippen LogP contribution in [0.5, 0.6) is 0 Å². The molecular formula is C17H11ClN2OS. The van der Waals surface area contributed by atoms with Crippen molar-refractivity contribution in [1.29, 1.82) is 0 Å². The van der Waals surface area contributed by atoms with Crippen molar-refractivity contribution in [3.05, 3.63) is 64.6 Å². The molecule has 4 aromatic rings. The number of amides is 1. The van der Waals surface area contributed by atoms with E-state index in [0.29, 0.717) is 9.90 Å². The van der Waals surface area contributed by atoms with Crippen LogP contribution in [0.25, 0.3) is 21.0 Å². The summed E-state index contributed by atoms with van der Waals surface area (Å²) in [6.07, 6.45) is 1.87. The lowest BCUT2D eigenvalue weighted by Gasteiger charge is -2.04. The lowest BCUT2D eigenvalue weighted by Crippen LogP contribution is -2.10. The van der Waals surface area contributed by atoms with Crippen molar-refractivity contribution in [3.63, 3.8) is 0 Å². The Morgan fingerprint density at radius 3 is 2.86 bits per heavy atom. The standard InChI is InChI=1S/C17H11ClN2OS/c18-15-12-3-1-2-4-14(12)22-16(15)17(21)20-11-5-6-13-10(9-11)7-8-19-13/h1-9,19H,(H,20,21). The maximum Gasteiger partial charge on any atom is 0.267 e. The number of anilines is 1. The van der Waals surface area contributed by atoms with Crippen molar-refractivity contribution in [2.24, 2.45) is 0 Å².